The van der Waals surface area contributed by atoms with Gasteiger partial charge in [-0.25, -0.2) is 0 Å². The monoisotopic (exact) mass is 438 g/mol. The summed E-state index contributed by atoms with van der Waals surface area (Å²) in [6, 6.07) is 29.7. The number of nitrogens with zero attached hydrogens (tertiary/aromatic N) is 3. The van der Waals surface area contributed by atoms with E-state index in [2.05, 4.69) is 4.90 Å². The van der Waals surface area contributed by atoms with E-state index in [1.54, 1.807) is 6.92 Å². The zero-order chi connectivity index (χ0) is 23.4. The van der Waals surface area contributed by atoms with E-state index >= 15 is 0 Å². The average Bonchev–Trinajstić information content (AvgIpc) is 2.85. The van der Waals surface area contributed by atoms with E-state index in [1.165, 1.54) is 4.57 Å². The van der Waals surface area contributed by atoms with Gasteiger partial charge >= 0.3 is 11.8 Å². The lowest BCUT2D eigenvalue weighted by Gasteiger charge is -2.25. The van der Waals surface area contributed by atoms with E-state index in [4.69, 9.17) is 0 Å². The molecule has 3 aromatic carbocycles. The highest BCUT2D eigenvalue weighted by Gasteiger charge is 2.30. The van der Waals surface area contributed by atoms with Gasteiger partial charge in [-0.2, -0.15) is 5.26 Å². The summed E-state index contributed by atoms with van der Waals surface area (Å²) in [5.41, 5.74) is 3.78. The minimum absolute atomic E-state index is 0.196. The van der Waals surface area contributed by atoms with Gasteiger partial charge in [0, 0.05) is 23.5 Å². The summed E-state index contributed by atoms with van der Waals surface area (Å²) in [5, 5.41) is 40.6. The highest BCUT2D eigenvalue weighted by Crippen LogP contribution is 2.36. The Hall–Kier alpha value is -4.50. The van der Waals surface area contributed by atoms with Gasteiger partial charge in [0.05, 0.1) is 0 Å². The van der Waals surface area contributed by atoms with Crippen LogP contribution in [0.2, 0.25) is 0 Å². The van der Waals surface area contributed by atoms with Crippen LogP contribution in [0.4, 0.5) is 17.1 Å². The second-order valence-electron chi connectivity index (χ2n) is 7.56. The first-order valence-corrected chi connectivity index (χ1v) is 10.6. The second-order valence-corrected chi connectivity index (χ2v) is 7.56. The molecule has 0 radical (unpaired) electrons. The molecule has 4 rings (SSSR count). The quantitative estimate of drug-likeness (QED) is 0.367. The van der Waals surface area contributed by atoms with E-state index in [-0.39, 0.29) is 30.0 Å². The van der Waals surface area contributed by atoms with Gasteiger partial charge in [-0.3, -0.25) is 0 Å². The fraction of sp³-hybridized carbons (Fsp3) is 0.111. The highest BCUT2D eigenvalue weighted by atomic mass is 16.3. The SMILES string of the molecule is CC[n+]1c(O)c(C#N)c(O)c(Cc2ccc(N(c3ccccc3)c3ccccc3)cc2)c1O. The molecule has 0 bridgehead atoms. The van der Waals surface area contributed by atoms with Crippen molar-refractivity contribution in [1.82, 2.24) is 0 Å². The molecule has 0 amide bonds. The third-order valence-electron chi connectivity index (χ3n) is 5.56. The Morgan fingerprint density at radius 2 is 1.27 bits per heavy atom. The Kier molecular flexibility index (Phi) is 6.14. The van der Waals surface area contributed by atoms with Gasteiger partial charge in [-0.05, 0) is 48.9 Å². The lowest BCUT2D eigenvalue weighted by molar-refractivity contribution is -0.705. The van der Waals surface area contributed by atoms with Gasteiger partial charge in [0.25, 0.3) is 0 Å². The fourth-order valence-corrected chi connectivity index (χ4v) is 3.89. The molecule has 0 fully saturated rings. The van der Waals surface area contributed by atoms with Gasteiger partial charge in [-0.1, -0.05) is 48.5 Å². The van der Waals surface area contributed by atoms with Gasteiger partial charge < -0.3 is 20.2 Å². The average molecular weight is 439 g/mol. The van der Waals surface area contributed by atoms with Crippen molar-refractivity contribution in [3.05, 3.63) is 102 Å². The van der Waals surface area contributed by atoms with Crippen LogP contribution in [0.25, 0.3) is 0 Å². The van der Waals surface area contributed by atoms with Crippen molar-refractivity contribution in [3.8, 4) is 23.6 Å². The molecule has 1 heterocycles. The molecule has 1 aromatic heterocycles. The Morgan fingerprint density at radius 3 is 1.76 bits per heavy atom. The number of hydrogen-bond acceptors (Lipinski definition) is 5. The largest absolute Gasteiger partial charge is 0.505 e. The first-order chi connectivity index (χ1) is 16.0. The molecule has 0 saturated carbocycles. The third kappa shape index (κ3) is 4.17. The number of hydrogen-bond donors (Lipinski definition) is 3. The molecule has 0 saturated heterocycles. The molecule has 0 spiro atoms. The van der Waals surface area contributed by atoms with Crippen LogP contribution < -0.4 is 9.47 Å². The van der Waals surface area contributed by atoms with Crippen molar-refractivity contribution in [2.75, 3.05) is 4.90 Å². The summed E-state index contributed by atoms with van der Waals surface area (Å²) in [6.45, 7) is 1.99. The van der Waals surface area contributed by atoms with E-state index in [9.17, 15) is 20.6 Å². The lowest BCUT2D eigenvalue weighted by Crippen LogP contribution is -2.34. The molecule has 6 nitrogen and oxygen atoms in total. The normalized spacial score (nSPS) is 10.5. The van der Waals surface area contributed by atoms with E-state index in [1.807, 2.05) is 91.0 Å². The fourth-order valence-electron chi connectivity index (χ4n) is 3.89. The minimum Gasteiger partial charge on any atom is -0.505 e. The second kappa shape index (κ2) is 9.33. The number of aromatic nitrogens is 1. The summed E-state index contributed by atoms with van der Waals surface area (Å²) in [4.78, 5) is 2.14. The van der Waals surface area contributed by atoms with Crippen LogP contribution in [-0.2, 0) is 13.0 Å². The smallest absolute Gasteiger partial charge is 0.390 e. The van der Waals surface area contributed by atoms with E-state index in [0.29, 0.717) is 0 Å². The van der Waals surface area contributed by atoms with Gasteiger partial charge in [-0.15, -0.1) is 4.57 Å². The van der Waals surface area contributed by atoms with Crippen molar-refractivity contribution in [3.63, 3.8) is 0 Å². The Morgan fingerprint density at radius 1 is 0.758 bits per heavy atom. The maximum absolute atomic E-state index is 10.6. The molecule has 0 atom stereocenters. The Labute approximate surface area is 192 Å². The van der Waals surface area contributed by atoms with Crippen LogP contribution in [0.15, 0.2) is 84.9 Å². The third-order valence-corrected chi connectivity index (χ3v) is 5.56. The molecule has 0 aliphatic rings. The molecule has 0 unspecified atom stereocenters. The molecule has 164 valence electrons. The standard InChI is InChI=1S/C27H23N3O3/c1-2-29-26(32)23(25(31)24(18-28)27(29)33)17-19-13-15-22(16-14-19)30(20-9-5-3-6-10-20)21-11-7-4-8-12-21/h3-16H,2,17H2,1H3,(H2,31,32,33)/p+1. The summed E-state index contributed by atoms with van der Waals surface area (Å²) >= 11 is 0. The molecule has 33 heavy (non-hydrogen) atoms. The van der Waals surface area contributed by atoms with Gasteiger partial charge in [0.15, 0.2) is 12.3 Å². The predicted molar refractivity (Wildman–Crippen MR) is 126 cm³/mol. The summed E-state index contributed by atoms with van der Waals surface area (Å²) in [7, 11) is 0. The Balaban J connectivity index is 1.71. The summed E-state index contributed by atoms with van der Waals surface area (Å²) < 4.78 is 1.20. The van der Waals surface area contributed by atoms with Gasteiger partial charge in [0.1, 0.15) is 11.6 Å². The number of pyridine rings is 1. The molecular formula is C27H24N3O3+. The lowest BCUT2D eigenvalue weighted by atomic mass is 10.0. The zero-order valence-electron chi connectivity index (χ0n) is 18.2. The van der Waals surface area contributed by atoms with Crippen molar-refractivity contribution < 1.29 is 19.9 Å². The number of anilines is 3. The highest BCUT2D eigenvalue weighted by molar-refractivity contribution is 5.76. The van der Waals surface area contributed by atoms with Crippen molar-refractivity contribution in [2.24, 2.45) is 0 Å². The van der Waals surface area contributed by atoms with Crippen molar-refractivity contribution in [1.29, 1.82) is 5.26 Å². The molecule has 0 aliphatic carbocycles. The molecule has 4 aromatic rings. The van der Waals surface area contributed by atoms with E-state index in [0.717, 1.165) is 22.6 Å². The molecule has 0 aliphatic heterocycles. The number of rotatable bonds is 6. The topological polar surface area (TPSA) is 91.6 Å². The summed E-state index contributed by atoms with van der Waals surface area (Å²) in [6.07, 6.45) is 0.198. The summed E-state index contributed by atoms with van der Waals surface area (Å²) in [5.74, 6) is -1.11. The van der Waals surface area contributed by atoms with Crippen LogP contribution in [0.1, 0.15) is 23.6 Å². The Bertz CT molecular complexity index is 1260. The number of nitriles is 1. The number of para-hydroxylation sites is 2. The van der Waals surface area contributed by atoms with Crippen LogP contribution in [-0.4, -0.2) is 15.3 Å². The number of aromatic hydroxyl groups is 3. The maximum Gasteiger partial charge on any atom is 0.390 e. The predicted octanol–water partition coefficient (Wildman–Crippen LogP) is 5.04. The molecule has 6 heteroatoms. The van der Waals surface area contributed by atoms with Crippen LogP contribution in [0.3, 0.4) is 0 Å². The molecular weight excluding hydrogens is 414 g/mol. The van der Waals surface area contributed by atoms with Crippen LogP contribution in [0, 0.1) is 11.3 Å². The van der Waals surface area contributed by atoms with E-state index < -0.39 is 11.6 Å². The maximum atomic E-state index is 10.6. The van der Waals surface area contributed by atoms with Crippen LogP contribution in [0.5, 0.6) is 17.5 Å². The molecule has 3 N–H and O–H groups in total. The van der Waals surface area contributed by atoms with Gasteiger partial charge in [0.2, 0.25) is 5.56 Å². The minimum atomic E-state index is -0.449. The van der Waals surface area contributed by atoms with Crippen molar-refractivity contribution in [2.45, 2.75) is 19.9 Å². The number of benzene rings is 3. The van der Waals surface area contributed by atoms with Crippen molar-refractivity contribution >= 4 is 17.1 Å². The van der Waals surface area contributed by atoms with Crippen LogP contribution >= 0.6 is 0 Å². The zero-order valence-corrected chi connectivity index (χ0v) is 18.2. The first kappa shape index (κ1) is 21.7. The first-order valence-electron chi connectivity index (χ1n) is 10.6.